The monoisotopic (exact) mass is 394 g/mol. The van der Waals surface area contributed by atoms with Gasteiger partial charge >= 0.3 is 6.03 Å². The van der Waals surface area contributed by atoms with Crippen molar-refractivity contribution in [3.8, 4) is 0 Å². The summed E-state index contributed by atoms with van der Waals surface area (Å²) < 4.78 is 0. The second kappa shape index (κ2) is 10.4. The van der Waals surface area contributed by atoms with E-state index in [0.29, 0.717) is 31.2 Å². The first-order valence-corrected chi connectivity index (χ1v) is 9.79. The summed E-state index contributed by atoms with van der Waals surface area (Å²) in [5.41, 5.74) is 7.37. The molecule has 0 radical (unpaired) electrons. The van der Waals surface area contributed by atoms with E-state index in [4.69, 9.17) is 5.73 Å². The molecule has 1 aliphatic heterocycles. The van der Waals surface area contributed by atoms with Crippen LogP contribution in [-0.2, 0) is 11.2 Å². The van der Waals surface area contributed by atoms with Crippen molar-refractivity contribution in [3.63, 3.8) is 0 Å². The zero-order chi connectivity index (χ0) is 18.4. The zero-order valence-corrected chi connectivity index (χ0v) is 16.6. The maximum atomic E-state index is 12.4. The van der Waals surface area contributed by atoms with Crippen LogP contribution in [0, 0.1) is 0 Å². The Morgan fingerprint density at radius 1 is 0.926 bits per heavy atom. The molecule has 1 aromatic carbocycles. The van der Waals surface area contributed by atoms with E-state index in [1.165, 1.54) is 19.3 Å². The molecule has 3 amide bonds. The van der Waals surface area contributed by atoms with Gasteiger partial charge in [-0.2, -0.15) is 0 Å². The molecule has 0 spiro atoms. The minimum Gasteiger partial charge on any atom is -0.399 e. The second-order valence-corrected chi connectivity index (χ2v) is 7.53. The maximum Gasteiger partial charge on any atom is 0.315 e. The number of hydrogen-bond acceptors (Lipinski definition) is 3. The van der Waals surface area contributed by atoms with Crippen molar-refractivity contribution in [2.75, 3.05) is 18.8 Å². The normalized spacial score (nSPS) is 18.4. The smallest absolute Gasteiger partial charge is 0.315 e. The van der Waals surface area contributed by atoms with Crippen molar-refractivity contribution in [1.82, 2.24) is 15.5 Å². The van der Waals surface area contributed by atoms with Gasteiger partial charge in [-0.05, 0) is 43.4 Å². The highest BCUT2D eigenvalue weighted by atomic mass is 35.5. The molecule has 2 aliphatic rings. The summed E-state index contributed by atoms with van der Waals surface area (Å²) >= 11 is 0. The summed E-state index contributed by atoms with van der Waals surface area (Å²) in [4.78, 5) is 26.5. The fourth-order valence-corrected chi connectivity index (χ4v) is 3.85. The average molecular weight is 395 g/mol. The van der Waals surface area contributed by atoms with Crippen molar-refractivity contribution in [1.29, 1.82) is 0 Å². The number of carbonyl (C=O) groups excluding carboxylic acids is 2. The molecule has 1 heterocycles. The van der Waals surface area contributed by atoms with Crippen LogP contribution >= 0.6 is 12.4 Å². The molecule has 1 saturated carbocycles. The molecular weight excluding hydrogens is 364 g/mol. The summed E-state index contributed by atoms with van der Waals surface area (Å²) in [6, 6.07) is 7.87. The number of halogens is 1. The number of rotatable bonds is 4. The van der Waals surface area contributed by atoms with Crippen molar-refractivity contribution in [2.24, 2.45) is 0 Å². The number of urea groups is 1. The van der Waals surface area contributed by atoms with Gasteiger partial charge in [0.2, 0.25) is 5.91 Å². The van der Waals surface area contributed by atoms with Gasteiger partial charge in [0.05, 0.1) is 6.42 Å². The van der Waals surface area contributed by atoms with Gasteiger partial charge in [0.15, 0.2) is 0 Å². The lowest BCUT2D eigenvalue weighted by atomic mass is 9.96. The van der Waals surface area contributed by atoms with Crippen LogP contribution in [0.2, 0.25) is 0 Å². The Kier molecular flexibility index (Phi) is 8.23. The summed E-state index contributed by atoms with van der Waals surface area (Å²) in [5, 5.41) is 6.18. The lowest BCUT2D eigenvalue weighted by molar-refractivity contribution is -0.131. The molecule has 3 rings (SSSR count). The van der Waals surface area contributed by atoms with Gasteiger partial charge in [0.25, 0.3) is 0 Å². The molecule has 27 heavy (non-hydrogen) atoms. The van der Waals surface area contributed by atoms with Gasteiger partial charge in [-0.3, -0.25) is 4.79 Å². The molecule has 1 aromatic rings. The van der Waals surface area contributed by atoms with Crippen molar-refractivity contribution < 1.29 is 9.59 Å². The number of nitrogens with zero attached hydrogens (tertiary/aromatic N) is 1. The molecule has 4 N–H and O–H groups in total. The third-order valence-corrected chi connectivity index (χ3v) is 5.46. The van der Waals surface area contributed by atoms with Crippen LogP contribution in [0.1, 0.15) is 50.5 Å². The van der Waals surface area contributed by atoms with E-state index in [9.17, 15) is 9.59 Å². The second-order valence-electron chi connectivity index (χ2n) is 7.53. The molecular formula is C20H31ClN4O2. The first kappa shape index (κ1) is 21.4. The number of nitrogens with one attached hydrogen (secondary N) is 2. The Bertz CT molecular complexity index is 609. The number of anilines is 1. The van der Waals surface area contributed by atoms with E-state index in [-0.39, 0.29) is 30.4 Å². The predicted molar refractivity (Wildman–Crippen MR) is 110 cm³/mol. The molecule has 0 atom stereocenters. The lowest BCUT2D eigenvalue weighted by Gasteiger charge is -2.33. The van der Waals surface area contributed by atoms with Crippen LogP contribution in [0.4, 0.5) is 10.5 Å². The quantitative estimate of drug-likeness (QED) is 0.686. The number of nitrogen functional groups attached to an aromatic ring is 1. The molecule has 150 valence electrons. The van der Waals surface area contributed by atoms with Crippen LogP contribution in [0.3, 0.4) is 0 Å². The Morgan fingerprint density at radius 3 is 2.07 bits per heavy atom. The van der Waals surface area contributed by atoms with Crippen LogP contribution in [0.25, 0.3) is 0 Å². The fourth-order valence-electron chi connectivity index (χ4n) is 3.85. The first-order chi connectivity index (χ1) is 12.6. The van der Waals surface area contributed by atoms with Crippen LogP contribution in [0.15, 0.2) is 24.3 Å². The van der Waals surface area contributed by atoms with E-state index >= 15 is 0 Å². The van der Waals surface area contributed by atoms with Crippen LogP contribution < -0.4 is 16.4 Å². The molecule has 0 aromatic heterocycles. The van der Waals surface area contributed by atoms with Crippen LogP contribution in [0.5, 0.6) is 0 Å². The summed E-state index contributed by atoms with van der Waals surface area (Å²) in [6.45, 7) is 1.39. The summed E-state index contributed by atoms with van der Waals surface area (Å²) in [7, 11) is 0. The first-order valence-electron chi connectivity index (χ1n) is 9.79. The number of likely N-dealkylation sites (tertiary alicyclic amines) is 1. The van der Waals surface area contributed by atoms with E-state index in [0.717, 1.165) is 31.2 Å². The van der Waals surface area contributed by atoms with Crippen LogP contribution in [-0.4, -0.2) is 42.0 Å². The number of hydrogen-bond donors (Lipinski definition) is 3. The van der Waals surface area contributed by atoms with Crippen molar-refractivity contribution >= 4 is 30.0 Å². The lowest BCUT2D eigenvalue weighted by Crippen LogP contribution is -2.51. The predicted octanol–water partition coefficient (Wildman–Crippen LogP) is 2.86. The van der Waals surface area contributed by atoms with Crippen molar-refractivity contribution in [2.45, 2.75) is 63.5 Å². The van der Waals surface area contributed by atoms with E-state index in [1.54, 1.807) is 0 Å². The van der Waals surface area contributed by atoms with Gasteiger partial charge in [-0.25, -0.2) is 4.79 Å². The number of carbonyl (C=O) groups is 2. The minimum absolute atomic E-state index is 0. The number of benzene rings is 1. The van der Waals surface area contributed by atoms with Gasteiger partial charge in [0, 0.05) is 30.9 Å². The third-order valence-electron chi connectivity index (χ3n) is 5.46. The van der Waals surface area contributed by atoms with E-state index in [1.807, 2.05) is 29.2 Å². The third kappa shape index (κ3) is 6.61. The Labute approximate surface area is 167 Å². The largest absolute Gasteiger partial charge is 0.399 e. The average Bonchev–Trinajstić information content (AvgIpc) is 2.65. The van der Waals surface area contributed by atoms with Gasteiger partial charge in [-0.15, -0.1) is 12.4 Å². The summed E-state index contributed by atoms with van der Waals surface area (Å²) in [5.74, 6) is 0.139. The number of amides is 3. The fraction of sp³-hybridized carbons (Fsp3) is 0.600. The molecule has 0 unspecified atom stereocenters. The maximum absolute atomic E-state index is 12.4. The highest BCUT2D eigenvalue weighted by Gasteiger charge is 2.24. The Balaban J connectivity index is 0.00000261. The Hall–Kier alpha value is -1.95. The standard InChI is InChI=1S/C20H30N4O2.ClH/c21-16-8-6-15(7-9-16)14-19(25)24-12-10-18(11-13-24)23-20(26)22-17-4-2-1-3-5-17;/h6-9,17-18H,1-5,10-14,21H2,(H2,22,23,26);1H. The van der Waals surface area contributed by atoms with Crippen molar-refractivity contribution in [3.05, 3.63) is 29.8 Å². The number of piperidine rings is 1. The van der Waals surface area contributed by atoms with Gasteiger partial charge in [-0.1, -0.05) is 31.4 Å². The van der Waals surface area contributed by atoms with E-state index < -0.39 is 0 Å². The minimum atomic E-state index is -0.0523. The molecule has 7 heteroatoms. The van der Waals surface area contributed by atoms with Gasteiger partial charge in [0.1, 0.15) is 0 Å². The molecule has 0 bridgehead atoms. The van der Waals surface area contributed by atoms with E-state index in [2.05, 4.69) is 10.6 Å². The Morgan fingerprint density at radius 2 is 1.48 bits per heavy atom. The molecule has 2 fully saturated rings. The molecule has 6 nitrogen and oxygen atoms in total. The molecule has 1 saturated heterocycles. The summed E-state index contributed by atoms with van der Waals surface area (Å²) in [6.07, 6.45) is 7.90. The SMILES string of the molecule is Cl.Nc1ccc(CC(=O)N2CCC(NC(=O)NC3CCCCC3)CC2)cc1. The topological polar surface area (TPSA) is 87.5 Å². The zero-order valence-electron chi connectivity index (χ0n) is 15.8. The van der Waals surface area contributed by atoms with Gasteiger partial charge < -0.3 is 21.3 Å². The number of nitrogens with two attached hydrogens (primary N) is 1. The molecule has 1 aliphatic carbocycles. The highest BCUT2D eigenvalue weighted by Crippen LogP contribution is 2.18. The highest BCUT2D eigenvalue weighted by molar-refractivity contribution is 5.85.